The van der Waals surface area contributed by atoms with Crippen LogP contribution in [0.4, 0.5) is 21.0 Å². The van der Waals surface area contributed by atoms with Crippen LogP contribution in [0.3, 0.4) is 0 Å². The normalized spacial score (nSPS) is 11.5. The summed E-state index contributed by atoms with van der Waals surface area (Å²) >= 11 is 0. The molecule has 0 heterocycles. The van der Waals surface area contributed by atoms with Crippen molar-refractivity contribution in [1.82, 2.24) is 0 Å². The van der Waals surface area contributed by atoms with Gasteiger partial charge in [0.2, 0.25) is 0 Å². The van der Waals surface area contributed by atoms with E-state index in [1.807, 2.05) is 6.92 Å². The molecule has 0 fully saturated rings. The van der Waals surface area contributed by atoms with Crippen molar-refractivity contribution in [3.05, 3.63) is 0 Å². The van der Waals surface area contributed by atoms with Gasteiger partial charge in [-0.15, -0.1) is 21.0 Å². The Morgan fingerprint density at radius 3 is 0.833 bits per heavy atom. The number of halogens is 5. The molecule has 0 unspecified atom stereocenters. The molecule has 0 atom stereocenters. The fourth-order valence-electron chi connectivity index (χ4n) is 0.711. The van der Waals surface area contributed by atoms with E-state index in [2.05, 4.69) is 0 Å². The fraction of sp³-hybridized carbons (Fsp3) is 1.00. The van der Waals surface area contributed by atoms with E-state index in [-0.39, 0.29) is 26.0 Å². The van der Waals surface area contributed by atoms with E-state index < -0.39 is 49.7 Å². The molecule has 224 valence electrons. The van der Waals surface area contributed by atoms with Crippen LogP contribution in [-0.4, -0.2) is 67.7 Å². The molecule has 0 rings (SSSR count). The second kappa shape index (κ2) is 24.9. The number of unbranched alkanes of at least 4 members (excludes halogenated alkanes) is 3. The zero-order chi connectivity index (χ0) is 30.5. The minimum absolute atomic E-state index is 0. The van der Waals surface area contributed by atoms with Crippen LogP contribution < -0.4 is 18.9 Å². The van der Waals surface area contributed by atoms with Gasteiger partial charge in [-0.2, -0.15) is 8.42 Å². The summed E-state index contributed by atoms with van der Waals surface area (Å²) in [6.07, 6.45) is 3.57. The summed E-state index contributed by atoms with van der Waals surface area (Å²) in [6, 6.07) is 0. The molecule has 0 spiro atoms. The molecule has 11 N–H and O–H groups in total. The van der Waals surface area contributed by atoms with Gasteiger partial charge in [0.25, 0.3) is 10.1 Å². The molecule has 0 aromatic rings. The summed E-state index contributed by atoms with van der Waals surface area (Å²) in [6.45, 7) is 2.05. The van der Waals surface area contributed by atoms with Gasteiger partial charge in [0.1, 0.15) is 0 Å². The van der Waals surface area contributed by atoms with Crippen molar-refractivity contribution in [2.24, 2.45) is 0 Å². The molecule has 36 heavy (non-hydrogen) atoms. The third-order valence-electron chi connectivity index (χ3n) is 1.26. The second-order valence-corrected chi connectivity index (χ2v) is 11.0. The molecule has 0 saturated carbocycles. The Hall–Kier alpha value is 0.907. The number of rotatable bonds is 5. The first kappa shape index (κ1) is 53.2. The van der Waals surface area contributed by atoms with E-state index in [9.17, 15) is 29.4 Å². The number of hydrogen-bond donors (Lipinski definition) is 11. The Morgan fingerprint density at radius 1 is 0.556 bits per heavy atom. The number of hydrogen-bond acceptors (Lipinski definition) is 7. The Bertz CT molecular complexity index is 694. The predicted molar refractivity (Wildman–Crippen MR) is 107 cm³/mol. The standard InChI is InChI=1S/C6H14O3S.5FH2O3P.Li.H/c1-2-3-4-5-6-10(7,8)9;5*1-5(2,3)4;;/h2-6H2,1H3,(H,7,8,9);5*(H2,2,3,4);;/q;;;;;;+1;-1. The van der Waals surface area contributed by atoms with Crippen LogP contribution in [0.15, 0.2) is 0 Å². The quantitative estimate of drug-likeness (QED) is 0.0537. The van der Waals surface area contributed by atoms with Crippen molar-refractivity contribution in [2.75, 3.05) is 5.75 Å². The van der Waals surface area contributed by atoms with Crippen molar-refractivity contribution >= 4 is 49.7 Å². The van der Waals surface area contributed by atoms with E-state index in [1.54, 1.807) is 0 Å². The van der Waals surface area contributed by atoms with Gasteiger partial charge >= 0.3 is 58.4 Å². The van der Waals surface area contributed by atoms with Crippen LogP contribution in [0.25, 0.3) is 0 Å². The van der Waals surface area contributed by atoms with Gasteiger partial charge in [0.05, 0.1) is 5.75 Å². The van der Waals surface area contributed by atoms with Gasteiger partial charge in [0.15, 0.2) is 0 Å². The molecule has 0 bridgehead atoms. The third-order valence-corrected chi connectivity index (χ3v) is 2.06. The van der Waals surface area contributed by atoms with Gasteiger partial charge in [-0.25, -0.2) is 22.8 Å². The molecule has 30 heteroatoms. The van der Waals surface area contributed by atoms with Gasteiger partial charge < -0.3 is 1.43 Å². The van der Waals surface area contributed by atoms with E-state index >= 15 is 0 Å². The molecule has 0 radical (unpaired) electrons. The van der Waals surface area contributed by atoms with E-state index in [1.165, 1.54) is 0 Å². The van der Waals surface area contributed by atoms with Crippen LogP contribution >= 0.6 is 39.5 Å². The molecule has 0 aliphatic carbocycles. The first-order valence-electron chi connectivity index (χ1n) is 7.27. The van der Waals surface area contributed by atoms with Gasteiger partial charge in [-0.05, 0) is 6.42 Å². The van der Waals surface area contributed by atoms with Crippen LogP contribution in [0.1, 0.15) is 34.0 Å². The first-order chi connectivity index (χ1) is 14.6. The van der Waals surface area contributed by atoms with Gasteiger partial charge in [0, 0.05) is 0 Å². The average molecular weight is 674 g/mol. The Balaban J connectivity index is -0.0000000463. The zero-order valence-corrected chi connectivity index (χ0v) is 23.1. The molecular formula is C6H25F5LiO18P5S. The van der Waals surface area contributed by atoms with E-state index in [0.717, 1.165) is 19.3 Å². The van der Waals surface area contributed by atoms with Crippen molar-refractivity contribution in [2.45, 2.75) is 32.6 Å². The van der Waals surface area contributed by atoms with Crippen LogP contribution in [0.2, 0.25) is 0 Å². The smallest absolute Gasteiger partial charge is 1.00 e. The monoisotopic (exact) mass is 674 g/mol. The summed E-state index contributed by atoms with van der Waals surface area (Å²) in [4.78, 5) is 69.7. The molecule has 0 aromatic carbocycles. The second-order valence-electron chi connectivity index (χ2n) is 4.71. The molecule has 0 aliphatic rings. The van der Waals surface area contributed by atoms with Crippen molar-refractivity contribution in [1.29, 1.82) is 0 Å². The molecule has 18 nitrogen and oxygen atoms in total. The van der Waals surface area contributed by atoms with Crippen molar-refractivity contribution in [3.8, 4) is 0 Å². The van der Waals surface area contributed by atoms with Gasteiger partial charge in [-0.1, -0.05) is 26.2 Å². The maximum atomic E-state index is 10.4. The Kier molecular flexibility index (Phi) is 36.8. The molecule has 0 aromatic heterocycles. The largest absolute Gasteiger partial charge is 1.00 e. The fourth-order valence-corrected chi connectivity index (χ4v) is 1.28. The summed E-state index contributed by atoms with van der Waals surface area (Å²) in [5.41, 5.74) is 0. The summed E-state index contributed by atoms with van der Waals surface area (Å²) < 4.78 is 124. The topological polar surface area (TPSA) is 342 Å². The Morgan fingerprint density at radius 2 is 0.722 bits per heavy atom. The molecule has 0 amide bonds. The Labute approximate surface area is 214 Å². The third kappa shape index (κ3) is 642. The van der Waals surface area contributed by atoms with Crippen molar-refractivity contribution in [3.63, 3.8) is 0 Å². The van der Waals surface area contributed by atoms with E-state index in [0.29, 0.717) is 6.42 Å². The van der Waals surface area contributed by atoms with Gasteiger partial charge in [-0.3, -0.25) is 53.5 Å². The molecule has 0 saturated heterocycles. The maximum Gasteiger partial charge on any atom is 1.00 e. The SMILES string of the molecule is CCCCCCS(=O)(=O)O.O=P(O)(O)F.O=P(O)(O)F.O=P(O)(O)F.O=P(O)(O)F.O=P(O)(O)F.[H-].[Li+]. The summed E-state index contributed by atoms with van der Waals surface area (Å²) in [5, 5.41) is 0. The molecular weight excluding hydrogens is 649 g/mol. The minimum Gasteiger partial charge on any atom is -1.00 e. The molecule has 0 aliphatic heterocycles. The van der Waals surface area contributed by atoms with E-state index in [4.69, 9.17) is 76.3 Å². The average Bonchev–Trinajstić information content (AvgIpc) is 2.32. The maximum absolute atomic E-state index is 10.4. The van der Waals surface area contributed by atoms with Crippen LogP contribution in [0.5, 0.6) is 0 Å². The minimum atomic E-state index is -5.14. The zero-order valence-electron chi connectivity index (χ0n) is 18.8. The predicted octanol–water partition coefficient (Wildman–Crippen LogP) is -1.19. The van der Waals surface area contributed by atoms with Crippen LogP contribution in [-0.2, 0) is 32.9 Å². The first-order valence-corrected chi connectivity index (χ1v) is 16.4. The summed E-state index contributed by atoms with van der Waals surface area (Å²) in [5.74, 6) is -0.0903. The van der Waals surface area contributed by atoms with Crippen LogP contribution in [0, 0.1) is 0 Å². The summed E-state index contributed by atoms with van der Waals surface area (Å²) in [7, 11) is -29.4. The van der Waals surface area contributed by atoms with Crippen molar-refractivity contribution < 1.29 is 126 Å².